The van der Waals surface area contributed by atoms with Crippen molar-refractivity contribution in [3.05, 3.63) is 53.6 Å². The number of benzene rings is 2. The first-order chi connectivity index (χ1) is 13.1. The third-order valence-electron chi connectivity index (χ3n) is 4.00. The summed E-state index contributed by atoms with van der Waals surface area (Å²) in [6, 6.07) is 12.0. The second-order valence-electron chi connectivity index (χ2n) is 6.16. The highest BCUT2D eigenvalue weighted by Gasteiger charge is 2.05. The van der Waals surface area contributed by atoms with Gasteiger partial charge in [-0.2, -0.15) is 0 Å². The quantitative estimate of drug-likeness (QED) is 0.351. The largest absolute Gasteiger partial charge is 0.507 e. The molecule has 0 fully saturated rings. The van der Waals surface area contributed by atoms with Gasteiger partial charge in [0.15, 0.2) is 0 Å². The number of nitrogens with zero attached hydrogens (tertiary/aromatic N) is 1. The molecule has 0 atom stereocenters. The first kappa shape index (κ1) is 20.5. The number of phenols is 1. The van der Waals surface area contributed by atoms with Gasteiger partial charge in [-0.25, -0.2) is 4.79 Å². The molecule has 0 heterocycles. The van der Waals surface area contributed by atoms with Gasteiger partial charge in [-0.15, -0.1) is 0 Å². The topological polar surface area (TPSA) is 68.1 Å². The number of rotatable bonds is 10. The Balaban J connectivity index is 1.93. The number of phenolic OH excluding ortho intramolecular Hbond substituents is 1. The van der Waals surface area contributed by atoms with E-state index >= 15 is 0 Å². The molecule has 0 aliphatic heterocycles. The Morgan fingerprint density at radius 2 is 1.85 bits per heavy atom. The molecule has 0 unspecified atom stereocenters. The number of unbranched alkanes of at least 4 members (excludes halogenated alkanes) is 3. The highest BCUT2D eigenvalue weighted by molar-refractivity contribution is 5.90. The summed E-state index contributed by atoms with van der Waals surface area (Å²) in [5.74, 6) is 0.420. The van der Waals surface area contributed by atoms with Crippen LogP contribution in [0.2, 0.25) is 0 Å². The number of aromatic hydroxyl groups is 1. The minimum Gasteiger partial charge on any atom is -0.507 e. The van der Waals surface area contributed by atoms with E-state index in [2.05, 4.69) is 11.9 Å². The predicted octanol–water partition coefficient (Wildman–Crippen LogP) is 5.28. The van der Waals surface area contributed by atoms with E-state index < -0.39 is 0 Å². The van der Waals surface area contributed by atoms with Crippen LogP contribution in [-0.4, -0.2) is 30.5 Å². The molecular formula is C22H27NO4. The molecule has 2 aromatic rings. The Kier molecular flexibility index (Phi) is 8.36. The summed E-state index contributed by atoms with van der Waals surface area (Å²) in [6.07, 6.45) is 6.16. The monoisotopic (exact) mass is 369 g/mol. The Bertz CT molecular complexity index is 753. The van der Waals surface area contributed by atoms with Crippen molar-refractivity contribution >= 4 is 17.9 Å². The van der Waals surface area contributed by atoms with Crippen LogP contribution in [0.1, 0.15) is 55.5 Å². The second-order valence-corrected chi connectivity index (χ2v) is 6.16. The van der Waals surface area contributed by atoms with Gasteiger partial charge in [0.1, 0.15) is 11.5 Å². The molecule has 0 radical (unpaired) electrons. The van der Waals surface area contributed by atoms with Crippen LogP contribution in [0.25, 0.3) is 0 Å². The van der Waals surface area contributed by atoms with E-state index in [4.69, 9.17) is 9.47 Å². The highest BCUT2D eigenvalue weighted by atomic mass is 16.5. The van der Waals surface area contributed by atoms with Crippen molar-refractivity contribution < 1.29 is 19.4 Å². The number of ether oxygens (including phenoxy) is 2. The molecule has 1 N–H and O–H groups in total. The van der Waals surface area contributed by atoms with Gasteiger partial charge in [0.25, 0.3) is 0 Å². The van der Waals surface area contributed by atoms with Gasteiger partial charge in [-0.05, 0) is 49.7 Å². The summed E-state index contributed by atoms with van der Waals surface area (Å²) in [5.41, 5.74) is 1.76. The van der Waals surface area contributed by atoms with Crippen LogP contribution < -0.4 is 4.74 Å². The molecule has 0 bridgehead atoms. The minimum absolute atomic E-state index is 0.118. The van der Waals surface area contributed by atoms with Gasteiger partial charge in [0, 0.05) is 17.8 Å². The molecule has 2 rings (SSSR count). The maximum atomic E-state index is 11.6. The van der Waals surface area contributed by atoms with E-state index in [0.29, 0.717) is 35.8 Å². The molecule has 0 aliphatic carbocycles. The van der Waals surface area contributed by atoms with Gasteiger partial charge >= 0.3 is 5.97 Å². The van der Waals surface area contributed by atoms with Crippen molar-refractivity contribution in [3.8, 4) is 11.5 Å². The standard InChI is InChI=1S/C22H27NO4/c1-3-5-6-7-14-27-20-13-10-18(21(24)15-20)16-23-19-11-8-17(9-12-19)22(25)26-4-2/h8-13,15-16,24H,3-7,14H2,1-2H3. The van der Waals surface area contributed by atoms with Crippen molar-refractivity contribution in [2.75, 3.05) is 13.2 Å². The van der Waals surface area contributed by atoms with E-state index in [1.54, 1.807) is 49.5 Å². The van der Waals surface area contributed by atoms with Gasteiger partial charge < -0.3 is 14.6 Å². The second kappa shape index (κ2) is 11.0. The number of esters is 1. The molecule has 5 heteroatoms. The molecule has 27 heavy (non-hydrogen) atoms. The third kappa shape index (κ3) is 6.77. The maximum Gasteiger partial charge on any atom is 0.338 e. The van der Waals surface area contributed by atoms with Crippen LogP contribution in [0.3, 0.4) is 0 Å². The van der Waals surface area contributed by atoms with Crippen molar-refractivity contribution in [1.82, 2.24) is 0 Å². The molecule has 2 aromatic carbocycles. The lowest BCUT2D eigenvalue weighted by Gasteiger charge is -2.07. The van der Waals surface area contributed by atoms with Gasteiger partial charge in [-0.1, -0.05) is 26.2 Å². The zero-order valence-corrected chi connectivity index (χ0v) is 16.0. The summed E-state index contributed by atoms with van der Waals surface area (Å²) in [7, 11) is 0. The van der Waals surface area contributed by atoms with Crippen LogP contribution in [0.15, 0.2) is 47.5 Å². The van der Waals surface area contributed by atoms with E-state index in [9.17, 15) is 9.90 Å². The highest BCUT2D eigenvalue weighted by Crippen LogP contribution is 2.23. The molecule has 0 aliphatic rings. The summed E-state index contributed by atoms with van der Waals surface area (Å²) in [4.78, 5) is 16.0. The van der Waals surface area contributed by atoms with Crippen molar-refractivity contribution in [1.29, 1.82) is 0 Å². The van der Waals surface area contributed by atoms with Gasteiger partial charge in [-0.3, -0.25) is 4.99 Å². The summed E-state index contributed by atoms with van der Waals surface area (Å²) in [5, 5.41) is 10.2. The molecule has 0 spiro atoms. The Labute approximate surface area is 160 Å². The van der Waals surface area contributed by atoms with Crippen LogP contribution in [-0.2, 0) is 4.74 Å². The lowest BCUT2D eigenvalue weighted by Crippen LogP contribution is -2.03. The van der Waals surface area contributed by atoms with Crippen molar-refractivity contribution in [2.45, 2.75) is 39.5 Å². The summed E-state index contributed by atoms with van der Waals surface area (Å²) < 4.78 is 10.6. The van der Waals surface area contributed by atoms with Crippen LogP contribution in [0.4, 0.5) is 5.69 Å². The fourth-order valence-electron chi connectivity index (χ4n) is 2.48. The van der Waals surface area contributed by atoms with Crippen molar-refractivity contribution in [3.63, 3.8) is 0 Å². The molecule has 0 saturated heterocycles. The van der Waals surface area contributed by atoms with Crippen molar-refractivity contribution in [2.24, 2.45) is 4.99 Å². The van der Waals surface area contributed by atoms with Crippen LogP contribution in [0, 0.1) is 0 Å². The zero-order valence-electron chi connectivity index (χ0n) is 16.0. The Morgan fingerprint density at radius 3 is 2.52 bits per heavy atom. The molecule has 5 nitrogen and oxygen atoms in total. The molecular weight excluding hydrogens is 342 g/mol. The van der Waals surface area contributed by atoms with E-state index in [1.165, 1.54) is 12.8 Å². The maximum absolute atomic E-state index is 11.6. The third-order valence-corrected chi connectivity index (χ3v) is 4.00. The zero-order chi connectivity index (χ0) is 19.5. The van der Waals surface area contributed by atoms with E-state index in [0.717, 1.165) is 12.8 Å². The van der Waals surface area contributed by atoms with Crippen LogP contribution >= 0.6 is 0 Å². The Morgan fingerprint density at radius 1 is 1.07 bits per heavy atom. The number of hydrogen-bond acceptors (Lipinski definition) is 5. The van der Waals surface area contributed by atoms with Gasteiger partial charge in [0.05, 0.1) is 24.5 Å². The number of aliphatic imine (C=N–C) groups is 1. The summed E-state index contributed by atoms with van der Waals surface area (Å²) in [6.45, 7) is 4.94. The first-order valence-corrected chi connectivity index (χ1v) is 9.41. The average molecular weight is 369 g/mol. The van der Waals surface area contributed by atoms with Crippen LogP contribution in [0.5, 0.6) is 11.5 Å². The lowest BCUT2D eigenvalue weighted by atomic mass is 10.2. The normalized spacial score (nSPS) is 10.9. The number of carbonyl (C=O) groups is 1. The van der Waals surface area contributed by atoms with E-state index in [1.807, 2.05) is 6.07 Å². The predicted molar refractivity (Wildman–Crippen MR) is 107 cm³/mol. The Hall–Kier alpha value is -2.82. The van der Waals surface area contributed by atoms with E-state index in [-0.39, 0.29) is 11.7 Å². The molecule has 0 aromatic heterocycles. The smallest absolute Gasteiger partial charge is 0.338 e. The fourth-order valence-corrected chi connectivity index (χ4v) is 2.48. The fraction of sp³-hybridized carbons (Fsp3) is 0.364. The SMILES string of the molecule is CCCCCCOc1ccc(C=Nc2ccc(C(=O)OCC)cc2)c(O)c1. The minimum atomic E-state index is -0.351. The number of hydrogen-bond donors (Lipinski definition) is 1. The lowest BCUT2D eigenvalue weighted by molar-refractivity contribution is 0.0526. The molecule has 144 valence electrons. The first-order valence-electron chi connectivity index (χ1n) is 9.41. The number of carbonyl (C=O) groups excluding carboxylic acids is 1. The molecule has 0 amide bonds. The molecule has 0 saturated carbocycles. The summed E-state index contributed by atoms with van der Waals surface area (Å²) >= 11 is 0. The average Bonchev–Trinajstić information content (AvgIpc) is 2.68. The van der Waals surface area contributed by atoms with Gasteiger partial charge in [0.2, 0.25) is 0 Å².